The minimum atomic E-state index is -3.29. The molecule has 27 heavy (non-hydrogen) atoms. The molecule has 0 bridgehead atoms. The number of hydrogen-bond acceptors (Lipinski definition) is 5. The minimum absolute atomic E-state index is 0.222. The summed E-state index contributed by atoms with van der Waals surface area (Å²) in [4.78, 5) is 0.222. The average Bonchev–Trinajstić information content (AvgIpc) is 2.64. The van der Waals surface area contributed by atoms with Crippen molar-refractivity contribution in [2.45, 2.75) is 11.0 Å². The summed E-state index contributed by atoms with van der Waals surface area (Å²) in [5.74, 6) is 1.22. The summed E-state index contributed by atoms with van der Waals surface area (Å²) in [6, 6.07) is 12.1. The van der Waals surface area contributed by atoms with Crippen LogP contribution in [0.2, 0.25) is 0 Å². The second-order valence-corrected chi connectivity index (χ2v) is 8.05. The van der Waals surface area contributed by atoms with Crippen molar-refractivity contribution < 1.29 is 27.0 Å². The van der Waals surface area contributed by atoms with Crippen molar-refractivity contribution in [3.8, 4) is 5.75 Å². The van der Waals surface area contributed by atoms with E-state index in [4.69, 9.17) is 14.2 Å². The zero-order chi connectivity index (χ0) is 19.4. The SMILES string of the molecule is COCC1=CC=C(Oc2ccc(F)cc2)C(c2ccc(S(C)(=O)=O)cc2)O1. The Hall–Kier alpha value is -2.64. The molecular weight excluding hydrogens is 371 g/mol. The van der Waals surface area contributed by atoms with Crippen LogP contribution in [0.1, 0.15) is 11.7 Å². The number of hydrogen-bond donors (Lipinski definition) is 0. The lowest BCUT2D eigenvalue weighted by Crippen LogP contribution is -2.17. The van der Waals surface area contributed by atoms with E-state index in [0.29, 0.717) is 17.3 Å². The van der Waals surface area contributed by atoms with Crippen LogP contribution in [0.25, 0.3) is 0 Å². The van der Waals surface area contributed by atoms with Crippen LogP contribution in [0.15, 0.2) is 77.1 Å². The molecule has 2 aromatic rings. The van der Waals surface area contributed by atoms with Gasteiger partial charge >= 0.3 is 0 Å². The van der Waals surface area contributed by atoms with Crippen LogP contribution >= 0.6 is 0 Å². The molecule has 0 amide bonds. The molecule has 0 radical (unpaired) electrons. The van der Waals surface area contributed by atoms with Gasteiger partial charge in [-0.05, 0) is 48.6 Å². The van der Waals surface area contributed by atoms with Crippen LogP contribution in [0.4, 0.5) is 4.39 Å². The van der Waals surface area contributed by atoms with Crippen molar-refractivity contribution in [1.29, 1.82) is 0 Å². The first-order valence-corrected chi connectivity index (χ1v) is 10.1. The van der Waals surface area contributed by atoms with Gasteiger partial charge in [-0.3, -0.25) is 0 Å². The van der Waals surface area contributed by atoms with E-state index in [9.17, 15) is 12.8 Å². The highest BCUT2D eigenvalue weighted by Crippen LogP contribution is 2.34. The smallest absolute Gasteiger partial charge is 0.181 e. The number of benzene rings is 2. The Bertz CT molecular complexity index is 960. The van der Waals surface area contributed by atoms with Gasteiger partial charge in [-0.1, -0.05) is 12.1 Å². The fourth-order valence-corrected chi connectivity index (χ4v) is 3.21. The zero-order valence-electron chi connectivity index (χ0n) is 14.9. The van der Waals surface area contributed by atoms with E-state index in [0.717, 1.165) is 11.8 Å². The largest absolute Gasteiger partial charge is 0.480 e. The van der Waals surface area contributed by atoms with Crippen molar-refractivity contribution in [1.82, 2.24) is 0 Å². The molecular formula is C20H19FO5S. The molecule has 0 N–H and O–H groups in total. The summed E-state index contributed by atoms with van der Waals surface area (Å²) in [6.45, 7) is 0.290. The number of halogens is 1. The van der Waals surface area contributed by atoms with Gasteiger partial charge in [-0.25, -0.2) is 12.8 Å². The third-order valence-electron chi connectivity index (χ3n) is 3.91. The highest BCUT2D eigenvalue weighted by molar-refractivity contribution is 7.90. The normalized spacial score (nSPS) is 16.9. The molecule has 1 unspecified atom stereocenters. The summed E-state index contributed by atoms with van der Waals surface area (Å²) in [7, 11) is -1.73. The number of rotatable bonds is 6. The lowest BCUT2D eigenvalue weighted by molar-refractivity contribution is 0.0688. The van der Waals surface area contributed by atoms with Gasteiger partial charge in [-0.15, -0.1) is 0 Å². The summed E-state index contributed by atoms with van der Waals surface area (Å²) in [6.07, 6.45) is 4.07. The molecule has 0 saturated heterocycles. The quantitative estimate of drug-likeness (QED) is 0.751. The Labute approximate surface area is 157 Å². The van der Waals surface area contributed by atoms with Crippen LogP contribution < -0.4 is 4.74 Å². The molecule has 142 valence electrons. The Morgan fingerprint density at radius 1 is 1.04 bits per heavy atom. The first-order chi connectivity index (χ1) is 12.9. The Kier molecular flexibility index (Phi) is 5.62. The first kappa shape index (κ1) is 19.1. The maximum atomic E-state index is 13.1. The Morgan fingerprint density at radius 3 is 2.30 bits per heavy atom. The molecule has 0 saturated carbocycles. The van der Waals surface area contributed by atoms with Gasteiger partial charge in [0.25, 0.3) is 0 Å². The van der Waals surface area contributed by atoms with Gasteiger partial charge < -0.3 is 14.2 Å². The Morgan fingerprint density at radius 2 is 1.70 bits per heavy atom. The molecule has 0 spiro atoms. The molecule has 7 heteroatoms. The van der Waals surface area contributed by atoms with E-state index in [1.807, 2.05) is 0 Å². The van der Waals surface area contributed by atoms with Gasteiger partial charge in [0.15, 0.2) is 15.9 Å². The Balaban J connectivity index is 1.91. The zero-order valence-corrected chi connectivity index (χ0v) is 15.7. The standard InChI is InChI=1S/C20H19FO5S/c1-24-13-17-9-12-19(25-16-7-5-15(21)6-8-16)20(26-17)14-3-10-18(11-4-14)27(2,22)23/h3-12,20H,13H2,1-2H3. The van der Waals surface area contributed by atoms with Crippen molar-refractivity contribution in [3.05, 3.63) is 83.6 Å². The second-order valence-electron chi connectivity index (χ2n) is 6.03. The van der Waals surface area contributed by atoms with E-state index in [-0.39, 0.29) is 17.3 Å². The molecule has 1 heterocycles. The third-order valence-corrected chi connectivity index (χ3v) is 5.04. The predicted octanol–water partition coefficient (Wildman–Crippen LogP) is 3.79. The van der Waals surface area contributed by atoms with Crippen LogP contribution in [0.3, 0.4) is 0 Å². The minimum Gasteiger partial charge on any atom is -0.480 e. The molecule has 0 aliphatic carbocycles. The lowest BCUT2D eigenvalue weighted by Gasteiger charge is -2.26. The summed E-state index contributed by atoms with van der Waals surface area (Å²) in [5.41, 5.74) is 0.720. The van der Waals surface area contributed by atoms with Crippen LogP contribution in [0.5, 0.6) is 5.75 Å². The highest BCUT2D eigenvalue weighted by atomic mass is 32.2. The van der Waals surface area contributed by atoms with Gasteiger partial charge in [0.2, 0.25) is 0 Å². The highest BCUT2D eigenvalue weighted by Gasteiger charge is 2.25. The van der Waals surface area contributed by atoms with Crippen molar-refractivity contribution in [2.24, 2.45) is 0 Å². The second kappa shape index (κ2) is 7.94. The van der Waals surface area contributed by atoms with Crippen molar-refractivity contribution >= 4 is 9.84 Å². The topological polar surface area (TPSA) is 61.8 Å². The fraction of sp³-hybridized carbons (Fsp3) is 0.200. The summed E-state index contributed by atoms with van der Waals surface area (Å²) < 4.78 is 53.4. The van der Waals surface area contributed by atoms with E-state index >= 15 is 0 Å². The number of allylic oxidation sites excluding steroid dienone is 2. The van der Waals surface area contributed by atoms with Gasteiger partial charge in [0.05, 0.1) is 4.90 Å². The van der Waals surface area contributed by atoms with Gasteiger partial charge in [0.1, 0.15) is 29.7 Å². The molecule has 2 aromatic carbocycles. The molecule has 1 aliphatic rings. The van der Waals surface area contributed by atoms with E-state index in [1.165, 1.54) is 36.4 Å². The number of methoxy groups -OCH3 is 1. The maximum Gasteiger partial charge on any atom is 0.181 e. The average molecular weight is 390 g/mol. The molecule has 0 fully saturated rings. The van der Waals surface area contributed by atoms with Crippen LogP contribution in [-0.2, 0) is 19.3 Å². The van der Waals surface area contributed by atoms with Crippen LogP contribution in [0, 0.1) is 5.82 Å². The van der Waals surface area contributed by atoms with E-state index < -0.39 is 15.9 Å². The molecule has 3 rings (SSSR count). The first-order valence-electron chi connectivity index (χ1n) is 8.16. The van der Waals surface area contributed by atoms with E-state index in [1.54, 1.807) is 31.4 Å². The molecule has 1 atom stereocenters. The third kappa shape index (κ3) is 4.75. The lowest BCUT2D eigenvalue weighted by atomic mass is 10.1. The van der Waals surface area contributed by atoms with Crippen molar-refractivity contribution in [3.63, 3.8) is 0 Å². The van der Waals surface area contributed by atoms with Gasteiger partial charge in [-0.2, -0.15) is 0 Å². The van der Waals surface area contributed by atoms with E-state index in [2.05, 4.69) is 0 Å². The predicted molar refractivity (Wildman–Crippen MR) is 98.4 cm³/mol. The monoisotopic (exact) mass is 390 g/mol. The molecule has 0 aromatic heterocycles. The molecule has 1 aliphatic heterocycles. The molecule has 5 nitrogen and oxygen atoms in total. The fourth-order valence-electron chi connectivity index (χ4n) is 2.58. The van der Waals surface area contributed by atoms with Crippen LogP contribution in [-0.4, -0.2) is 28.4 Å². The van der Waals surface area contributed by atoms with Gasteiger partial charge in [0, 0.05) is 18.9 Å². The maximum absolute atomic E-state index is 13.1. The van der Waals surface area contributed by atoms with Crippen molar-refractivity contribution in [2.75, 3.05) is 20.0 Å². The summed E-state index contributed by atoms with van der Waals surface area (Å²) in [5, 5.41) is 0. The number of ether oxygens (including phenoxy) is 3. The number of sulfone groups is 1. The summed E-state index contributed by atoms with van der Waals surface area (Å²) >= 11 is 0.